The van der Waals surface area contributed by atoms with Crippen molar-refractivity contribution in [3.05, 3.63) is 63.6 Å². The van der Waals surface area contributed by atoms with E-state index in [0.717, 1.165) is 10.5 Å². The van der Waals surface area contributed by atoms with Gasteiger partial charge in [-0.25, -0.2) is 8.78 Å². The van der Waals surface area contributed by atoms with Crippen molar-refractivity contribution >= 4 is 22.2 Å². The summed E-state index contributed by atoms with van der Waals surface area (Å²) in [4.78, 5) is 10.9. The van der Waals surface area contributed by atoms with Gasteiger partial charge in [-0.05, 0) is 35.9 Å². The van der Waals surface area contributed by atoms with Crippen LogP contribution in [0, 0.1) is 11.6 Å². The molecule has 0 aliphatic heterocycles. The van der Waals surface area contributed by atoms with E-state index in [2.05, 4.69) is 15.9 Å². The van der Waals surface area contributed by atoms with Gasteiger partial charge in [0.25, 0.3) is 0 Å². The third kappa shape index (κ3) is 3.61. The van der Waals surface area contributed by atoms with Gasteiger partial charge in [0.1, 0.15) is 24.0 Å². The summed E-state index contributed by atoms with van der Waals surface area (Å²) >= 11 is 3.24. The van der Waals surface area contributed by atoms with Crippen LogP contribution in [0.15, 0.2) is 40.9 Å². The summed E-state index contributed by atoms with van der Waals surface area (Å²) in [7, 11) is 0. The maximum absolute atomic E-state index is 13.0. The molecule has 0 saturated heterocycles. The van der Waals surface area contributed by atoms with Crippen molar-refractivity contribution in [2.45, 2.75) is 6.61 Å². The average Bonchev–Trinajstić information content (AvgIpc) is 2.36. The lowest BCUT2D eigenvalue weighted by Crippen LogP contribution is -1.99. The van der Waals surface area contributed by atoms with Crippen LogP contribution in [0.25, 0.3) is 0 Å². The van der Waals surface area contributed by atoms with Gasteiger partial charge in [-0.3, -0.25) is 4.79 Å². The summed E-state index contributed by atoms with van der Waals surface area (Å²) in [5.74, 6) is -0.960. The lowest BCUT2D eigenvalue weighted by atomic mass is 10.2. The van der Waals surface area contributed by atoms with Gasteiger partial charge in [-0.15, -0.1) is 0 Å². The Morgan fingerprint density at radius 1 is 1.11 bits per heavy atom. The lowest BCUT2D eigenvalue weighted by molar-refractivity contribution is 0.111. The minimum Gasteiger partial charge on any atom is -0.488 e. The molecule has 0 saturated carbocycles. The summed E-state index contributed by atoms with van der Waals surface area (Å²) in [5.41, 5.74) is 0.725. The summed E-state index contributed by atoms with van der Waals surface area (Å²) in [6.07, 6.45) is 0.659. The molecule has 2 aromatic carbocycles. The molecule has 2 aromatic rings. The summed E-state index contributed by atoms with van der Waals surface area (Å²) in [6.45, 7) is -0.0167. The molecule has 19 heavy (non-hydrogen) atoms. The second-order valence-electron chi connectivity index (χ2n) is 3.87. The topological polar surface area (TPSA) is 26.3 Å². The van der Waals surface area contributed by atoms with Crippen molar-refractivity contribution < 1.29 is 18.3 Å². The van der Waals surface area contributed by atoms with E-state index in [1.165, 1.54) is 12.1 Å². The maximum Gasteiger partial charge on any atom is 0.153 e. The third-order valence-corrected chi connectivity index (χ3v) is 2.91. The highest BCUT2D eigenvalue weighted by molar-refractivity contribution is 9.10. The maximum atomic E-state index is 13.0. The number of rotatable bonds is 4. The third-order valence-electron chi connectivity index (χ3n) is 2.42. The SMILES string of the molecule is O=Cc1cc(Br)ccc1OCc1cc(F)cc(F)c1. The zero-order valence-corrected chi connectivity index (χ0v) is 11.3. The molecule has 0 fully saturated rings. The van der Waals surface area contributed by atoms with Crippen molar-refractivity contribution in [1.82, 2.24) is 0 Å². The number of halogens is 3. The fraction of sp³-hybridized carbons (Fsp3) is 0.0714. The number of hydrogen-bond acceptors (Lipinski definition) is 2. The van der Waals surface area contributed by atoms with Crippen LogP contribution in [0.5, 0.6) is 5.75 Å². The largest absolute Gasteiger partial charge is 0.488 e. The summed E-state index contributed by atoms with van der Waals surface area (Å²) < 4.78 is 32.1. The van der Waals surface area contributed by atoms with Crippen LogP contribution in [0.1, 0.15) is 15.9 Å². The van der Waals surface area contributed by atoms with E-state index < -0.39 is 11.6 Å². The zero-order valence-electron chi connectivity index (χ0n) is 9.70. The quantitative estimate of drug-likeness (QED) is 0.790. The lowest BCUT2D eigenvalue weighted by Gasteiger charge is -2.09. The van der Waals surface area contributed by atoms with E-state index in [-0.39, 0.29) is 6.61 Å². The first-order valence-electron chi connectivity index (χ1n) is 5.41. The Morgan fingerprint density at radius 3 is 2.42 bits per heavy atom. The molecule has 0 bridgehead atoms. The van der Waals surface area contributed by atoms with Gasteiger partial charge in [0.15, 0.2) is 6.29 Å². The number of hydrogen-bond donors (Lipinski definition) is 0. The van der Waals surface area contributed by atoms with Gasteiger partial charge in [0, 0.05) is 10.5 Å². The van der Waals surface area contributed by atoms with E-state index in [0.29, 0.717) is 23.2 Å². The fourth-order valence-electron chi connectivity index (χ4n) is 1.60. The minimum absolute atomic E-state index is 0.0167. The first-order valence-corrected chi connectivity index (χ1v) is 6.20. The molecule has 0 amide bonds. The standard InChI is InChI=1S/C14H9BrF2O2/c15-11-1-2-14(10(5-11)7-18)19-8-9-3-12(16)6-13(17)4-9/h1-7H,8H2. The van der Waals surface area contributed by atoms with Gasteiger partial charge in [0.05, 0.1) is 5.56 Å². The highest BCUT2D eigenvalue weighted by atomic mass is 79.9. The van der Waals surface area contributed by atoms with Gasteiger partial charge in [-0.1, -0.05) is 15.9 Å². The van der Waals surface area contributed by atoms with Crippen LogP contribution in [-0.4, -0.2) is 6.29 Å². The van der Waals surface area contributed by atoms with Gasteiger partial charge >= 0.3 is 0 Å². The molecular formula is C14H9BrF2O2. The zero-order chi connectivity index (χ0) is 13.8. The van der Waals surface area contributed by atoms with Crippen molar-refractivity contribution in [3.63, 3.8) is 0 Å². The van der Waals surface area contributed by atoms with Crippen molar-refractivity contribution in [1.29, 1.82) is 0 Å². The Hall–Kier alpha value is -1.75. The molecule has 0 spiro atoms. The Kier molecular flexibility index (Phi) is 4.27. The molecule has 0 aliphatic carbocycles. The smallest absolute Gasteiger partial charge is 0.153 e. The predicted octanol–water partition coefficient (Wildman–Crippen LogP) is 4.12. The normalized spacial score (nSPS) is 10.3. The molecule has 0 aromatic heterocycles. The number of ether oxygens (including phenoxy) is 1. The van der Waals surface area contributed by atoms with Crippen LogP contribution < -0.4 is 4.74 Å². The molecule has 2 rings (SSSR count). The van der Waals surface area contributed by atoms with E-state index in [1.54, 1.807) is 18.2 Å². The predicted molar refractivity (Wildman–Crippen MR) is 70.2 cm³/mol. The molecule has 98 valence electrons. The van der Waals surface area contributed by atoms with Gasteiger partial charge < -0.3 is 4.74 Å². The molecule has 5 heteroatoms. The average molecular weight is 327 g/mol. The number of benzene rings is 2. The van der Waals surface area contributed by atoms with Gasteiger partial charge in [-0.2, -0.15) is 0 Å². The van der Waals surface area contributed by atoms with E-state index >= 15 is 0 Å². The van der Waals surface area contributed by atoms with Crippen molar-refractivity contribution in [3.8, 4) is 5.75 Å². The van der Waals surface area contributed by atoms with Gasteiger partial charge in [0.2, 0.25) is 0 Å². The van der Waals surface area contributed by atoms with E-state index in [4.69, 9.17) is 4.74 Å². The van der Waals surface area contributed by atoms with Crippen LogP contribution in [0.3, 0.4) is 0 Å². The van der Waals surface area contributed by atoms with Crippen LogP contribution in [0.2, 0.25) is 0 Å². The fourth-order valence-corrected chi connectivity index (χ4v) is 1.98. The molecule has 0 N–H and O–H groups in total. The summed E-state index contributed by atoms with van der Waals surface area (Å²) in [6, 6.07) is 8.09. The second kappa shape index (κ2) is 5.93. The first kappa shape index (κ1) is 13.7. The molecule has 0 heterocycles. The Morgan fingerprint density at radius 2 is 1.79 bits per heavy atom. The Labute approximate surface area is 117 Å². The minimum atomic E-state index is -0.662. The van der Waals surface area contributed by atoms with Crippen molar-refractivity contribution in [2.75, 3.05) is 0 Å². The van der Waals surface area contributed by atoms with Crippen molar-refractivity contribution in [2.24, 2.45) is 0 Å². The van der Waals surface area contributed by atoms with Crippen LogP contribution in [0.4, 0.5) is 8.78 Å². The highest BCUT2D eigenvalue weighted by Gasteiger charge is 2.06. The molecule has 0 aliphatic rings. The second-order valence-corrected chi connectivity index (χ2v) is 4.78. The number of aldehydes is 1. The van der Waals surface area contributed by atoms with Crippen LogP contribution in [-0.2, 0) is 6.61 Å². The highest BCUT2D eigenvalue weighted by Crippen LogP contribution is 2.22. The Bertz CT molecular complexity index is 594. The van der Waals surface area contributed by atoms with E-state index in [1.807, 2.05) is 0 Å². The Balaban J connectivity index is 2.16. The first-order chi connectivity index (χ1) is 9.08. The van der Waals surface area contributed by atoms with Crippen LogP contribution >= 0.6 is 15.9 Å². The molecular weight excluding hydrogens is 318 g/mol. The number of carbonyl (C=O) groups excluding carboxylic acids is 1. The molecule has 2 nitrogen and oxygen atoms in total. The van der Waals surface area contributed by atoms with E-state index in [9.17, 15) is 13.6 Å². The molecule has 0 unspecified atom stereocenters. The number of carbonyl (C=O) groups is 1. The summed E-state index contributed by atoms with van der Waals surface area (Å²) in [5, 5.41) is 0. The monoisotopic (exact) mass is 326 g/mol. The molecule has 0 radical (unpaired) electrons. The molecule has 0 atom stereocenters.